The van der Waals surface area contributed by atoms with E-state index in [1.807, 2.05) is 97.3 Å². The van der Waals surface area contributed by atoms with E-state index >= 15 is 0 Å². The predicted molar refractivity (Wildman–Crippen MR) is 196 cm³/mol. The van der Waals surface area contributed by atoms with Crippen LogP contribution < -0.4 is 10.6 Å². The number of piperidine rings is 2. The summed E-state index contributed by atoms with van der Waals surface area (Å²) in [6.45, 7) is 4.06. The molecule has 6 rings (SSSR count). The molecule has 52 heavy (non-hydrogen) atoms. The van der Waals surface area contributed by atoms with Crippen LogP contribution in [-0.2, 0) is 19.1 Å². The smallest absolute Gasteiger partial charge is 0.335 e. The van der Waals surface area contributed by atoms with Gasteiger partial charge in [-0.2, -0.15) is 0 Å². The molecule has 2 aliphatic heterocycles. The van der Waals surface area contributed by atoms with Crippen LogP contribution in [0.25, 0.3) is 0 Å². The fourth-order valence-electron chi connectivity index (χ4n) is 5.49. The van der Waals surface area contributed by atoms with Gasteiger partial charge in [0.25, 0.3) is 0 Å². The topological polar surface area (TPSA) is 183 Å². The summed E-state index contributed by atoms with van der Waals surface area (Å²) in [5.74, 6) is -3.54. The number of rotatable bonds is 11. The van der Waals surface area contributed by atoms with E-state index in [4.69, 9.17) is 53.1 Å². The van der Waals surface area contributed by atoms with Gasteiger partial charge in [0, 0.05) is 22.4 Å². The largest absolute Gasteiger partial charge is 0.479 e. The number of benzene rings is 2. The summed E-state index contributed by atoms with van der Waals surface area (Å²) in [4.78, 5) is 28.5. The molecule has 2 unspecified atom stereocenters. The first-order valence-electron chi connectivity index (χ1n) is 17.0. The average Bonchev–Trinajstić information content (AvgIpc) is 3.18. The number of halogens is 2. The van der Waals surface area contributed by atoms with Gasteiger partial charge in [0.2, 0.25) is 0 Å². The monoisotopic (exact) mass is 754 g/mol. The third-order valence-corrected chi connectivity index (χ3v) is 8.80. The first-order valence-corrected chi connectivity index (χ1v) is 17.7. The number of ether oxygens (including phenoxy) is 2. The number of aromatic nitrogens is 2. The van der Waals surface area contributed by atoms with Gasteiger partial charge in [0.15, 0.2) is 12.2 Å². The van der Waals surface area contributed by atoms with Crippen LogP contribution in [0.2, 0.25) is 10.0 Å². The Balaban J connectivity index is 0.000000187. The van der Waals surface area contributed by atoms with Crippen molar-refractivity contribution in [1.82, 2.24) is 20.6 Å². The van der Waals surface area contributed by atoms with Gasteiger partial charge in [-0.3, -0.25) is 9.97 Å². The van der Waals surface area contributed by atoms with E-state index in [9.17, 15) is 9.59 Å². The average molecular weight is 756 g/mol. The van der Waals surface area contributed by atoms with Crippen LogP contribution in [0, 0.1) is 0 Å². The minimum Gasteiger partial charge on any atom is -0.479 e. The van der Waals surface area contributed by atoms with Gasteiger partial charge in [0.05, 0.1) is 23.6 Å². The Morgan fingerprint density at radius 3 is 1.23 bits per heavy atom. The number of aliphatic hydroxyl groups excluding tert-OH is 2. The Hall–Kier alpha value is -3.98. The standard InChI is InChI=1S/2C17H19ClN2O.C4H6O6/c2*18-14-6-4-13(5-7-14)17(16-3-1-2-10-20-16)21-15-8-11-19-12-9-15;5-1(3(7)8)2(6)4(9)10/h2*1-7,10,15,17,19H,8-9,11-12H2;1-2,5-6H,(H,7,8)(H,9,10)/t2*17-;/m00./s1. The van der Waals surface area contributed by atoms with Crippen LogP contribution in [0.4, 0.5) is 0 Å². The zero-order valence-corrected chi connectivity index (χ0v) is 29.9. The molecule has 2 saturated heterocycles. The first kappa shape index (κ1) is 40.8. The molecule has 0 spiro atoms. The number of carboxylic acid groups (broad SMARTS) is 2. The number of aliphatic hydroxyl groups is 2. The van der Waals surface area contributed by atoms with Crippen molar-refractivity contribution in [2.24, 2.45) is 0 Å². The fourth-order valence-corrected chi connectivity index (χ4v) is 5.75. The molecular formula is C38H44Cl2N4O8. The van der Waals surface area contributed by atoms with Gasteiger partial charge in [-0.05, 0) is 112 Å². The summed E-state index contributed by atoms with van der Waals surface area (Å²) >= 11 is 12.0. The van der Waals surface area contributed by atoms with Gasteiger partial charge >= 0.3 is 11.9 Å². The maximum atomic E-state index is 9.77. The highest BCUT2D eigenvalue weighted by Gasteiger charge is 2.29. The molecule has 2 aromatic heterocycles. The first-order chi connectivity index (χ1) is 25.1. The van der Waals surface area contributed by atoms with Crippen LogP contribution in [0.5, 0.6) is 0 Å². The van der Waals surface area contributed by atoms with E-state index < -0.39 is 24.1 Å². The highest BCUT2D eigenvalue weighted by Crippen LogP contribution is 2.30. The zero-order valence-electron chi connectivity index (χ0n) is 28.4. The van der Waals surface area contributed by atoms with Crippen LogP contribution in [0.1, 0.15) is 60.4 Å². The van der Waals surface area contributed by atoms with Gasteiger partial charge in [0.1, 0.15) is 12.2 Å². The lowest BCUT2D eigenvalue weighted by Gasteiger charge is -2.28. The minimum atomic E-state index is -2.27. The molecule has 4 atom stereocenters. The van der Waals surface area contributed by atoms with Crippen molar-refractivity contribution in [1.29, 1.82) is 0 Å². The quantitative estimate of drug-likeness (QED) is 0.120. The van der Waals surface area contributed by atoms with Crippen LogP contribution in [0.3, 0.4) is 0 Å². The second-order valence-corrected chi connectivity index (χ2v) is 13.0. The van der Waals surface area contributed by atoms with Crippen LogP contribution in [-0.4, -0.2) is 92.9 Å². The molecule has 0 bridgehead atoms. The van der Waals surface area contributed by atoms with E-state index in [2.05, 4.69) is 20.6 Å². The number of hydrogen-bond donors (Lipinski definition) is 6. The molecule has 2 aromatic carbocycles. The number of carboxylic acids is 2. The number of pyridine rings is 2. The normalized spacial score (nSPS) is 17.2. The second-order valence-electron chi connectivity index (χ2n) is 12.1. The molecule has 14 heteroatoms. The van der Waals surface area contributed by atoms with Crippen molar-refractivity contribution >= 4 is 35.1 Å². The predicted octanol–water partition coefficient (Wildman–Crippen LogP) is 5.06. The van der Waals surface area contributed by atoms with Gasteiger partial charge < -0.3 is 40.5 Å². The Morgan fingerprint density at radius 2 is 0.942 bits per heavy atom. The van der Waals surface area contributed by atoms with E-state index in [0.29, 0.717) is 0 Å². The molecule has 2 aliphatic rings. The number of hydrogen-bond acceptors (Lipinski definition) is 10. The van der Waals surface area contributed by atoms with E-state index in [1.165, 1.54) is 0 Å². The molecule has 6 N–H and O–H groups in total. The summed E-state index contributed by atoms with van der Waals surface area (Å²) < 4.78 is 12.7. The molecule has 4 heterocycles. The molecule has 0 radical (unpaired) electrons. The summed E-state index contributed by atoms with van der Waals surface area (Å²) in [6, 6.07) is 27.5. The summed E-state index contributed by atoms with van der Waals surface area (Å²) in [7, 11) is 0. The molecule has 2 fully saturated rings. The van der Waals surface area contributed by atoms with Gasteiger partial charge in [-0.25, -0.2) is 9.59 Å². The molecule has 12 nitrogen and oxygen atoms in total. The van der Waals surface area contributed by atoms with Crippen molar-refractivity contribution in [2.45, 2.75) is 62.3 Å². The number of carbonyl (C=O) groups is 2. The molecule has 0 aliphatic carbocycles. The Morgan fingerprint density at radius 1 is 0.596 bits per heavy atom. The highest BCUT2D eigenvalue weighted by atomic mass is 35.5. The van der Waals surface area contributed by atoms with Crippen molar-refractivity contribution in [3.8, 4) is 0 Å². The zero-order chi connectivity index (χ0) is 37.3. The Labute approximate surface area is 312 Å². The van der Waals surface area contributed by atoms with E-state index in [1.54, 1.807) is 0 Å². The van der Waals surface area contributed by atoms with Crippen molar-refractivity contribution in [3.05, 3.63) is 130 Å². The molecule has 4 aromatic rings. The lowest BCUT2D eigenvalue weighted by Crippen LogP contribution is -2.39. The maximum absolute atomic E-state index is 9.77. The van der Waals surface area contributed by atoms with E-state index in [0.717, 1.165) is 84.4 Å². The van der Waals surface area contributed by atoms with Crippen LogP contribution >= 0.6 is 23.2 Å². The molecular weight excluding hydrogens is 711 g/mol. The number of aliphatic carboxylic acids is 2. The molecule has 0 amide bonds. The highest BCUT2D eigenvalue weighted by molar-refractivity contribution is 6.30. The fraction of sp³-hybridized carbons (Fsp3) is 0.368. The van der Waals surface area contributed by atoms with E-state index in [-0.39, 0.29) is 24.4 Å². The van der Waals surface area contributed by atoms with Crippen molar-refractivity contribution in [2.75, 3.05) is 26.2 Å². The summed E-state index contributed by atoms with van der Waals surface area (Å²) in [5.41, 5.74) is 4.07. The lowest BCUT2D eigenvalue weighted by atomic mass is 10.0. The third kappa shape index (κ3) is 13.2. The Kier molecular flexibility index (Phi) is 16.9. The maximum Gasteiger partial charge on any atom is 0.335 e. The second kappa shape index (κ2) is 21.5. The van der Waals surface area contributed by atoms with Gasteiger partial charge in [-0.15, -0.1) is 0 Å². The molecule has 0 saturated carbocycles. The van der Waals surface area contributed by atoms with Crippen molar-refractivity contribution < 1.29 is 39.5 Å². The van der Waals surface area contributed by atoms with Crippen LogP contribution in [0.15, 0.2) is 97.3 Å². The summed E-state index contributed by atoms with van der Waals surface area (Å²) in [5, 5.41) is 40.7. The summed E-state index contributed by atoms with van der Waals surface area (Å²) in [6.07, 6.45) is 3.52. The SMILES string of the molecule is Clc1ccc([C@H](OC2CCNCC2)c2ccccn2)cc1.Clc1ccc([C@H](OC2CCNCC2)c2ccccn2)cc1.O=C(O)C(O)C(O)C(=O)O. The Bertz CT molecular complexity index is 1500. The van der Waals surface area contributed by atoms with Crippen molar-refractivity contribution in [3.63, 3.8) is 0 Å². The minimum absolute atomic E-state index is 0.133. The third-order valence-electron chi connectivity index (χ3n) is 8.29. The number of nitrogens with zero attached hydrogens (tertiary/aromatic N) is 2. The van der Waals surface area contributed by atoms with Gasteiger partial charge in [-0.1, -0.05) is 59.6 Å². The number of nitrogens with one attached hydrogen (secondary N) is 2. The molecule has 278 valence electrons. The lowest BCUT2D eigenvalue weighted by molar-refractivity contribution is -0.165.